The van der Waals surface area contributed by atoms with Gasteiger partial charge in [-0.3, -0.25) is 13.9 Å². The number of fused-ring (bicyclic) bond motifs is 1. The zero-order chi connectivity index (χ0) is 15.1. The molecule has 114 valence electrons. The monoisotopic (exact) mass is 291 g/mol. The first-order valence-electron chi connectivity index (χ1n) is 7.49. The van der Waals surface area contributed by atoms with E-state index in [1.54, 1.807) is 4.57 Å². The summed E-state index contributed by atoms with van der Waals surface area (Å²) in [6.07, 6.45) is 2.89. The number of hydrogen-bond acceptors (Lipinski definition) is 4. The number of rotatable bonds is 3. The zero-order valence-corrected chi connectivity index (χ0v) is 12.6. The van der Waals surface area contributed by atoms with Gasteiger partial charge in [-0.2, -0.15) is 0 Å². The molecular weight excluding hydrogens is 270 g/mol. The SMILES string of the molecule is CCC(C)n1c(=O)n(C)c(=O)c2[nH]c(C3CCCN3)nc21. The summed E-state index contributed by atoms with van der Waals surface area (Å²) in [4.78, 5) is 32.4. The molecule has 3 rings (SSSR count). The maximum atomic E-state index is 12.4. The van der Waals surface area contributed by atoms with Crippen LogP contribution in [0, 0.1) is 0 Å². The number of imidazole rings is 1. The van der Waals surface area contributed by atoms with E-state index < -0.39 is 0 Å². The molecule has 1 aliphatic rings. The third kappa shape index (κ3) is 2.12. The predicted octanol–water partition coefficient (Wildman–Crippen LogP) is 0.819. The third-order valence-corrected chi connectivity index (χ3v) is 4.36. The van der Waals surface area contributed by atoms with Gasteiger partial charge in [0.25, 0.3) is 5.56 Å². The van der Waals surface area contributed by atoms with Crippen molar-refractivity contribution in [2.45, 2.75) is 45.2 Å². The molecule has 2 atom stereocenters. The molecule has 2 aromatic heterocycles. The highest BCUT2D eigenvalue weighted by atomic mass is 16.2. The Morgan fingerprint density at radius 3 is 2.81 bits per heavy atom. The Labute approximate surface area is 122 Å². The Morgan fingerprint density at radius 1 is 1.43 bits per heavy atom. The molecule has 2 aromatic rings. The Hall–Kier alpha value is -1.89. The molecule has 0 aromatic carbocycles. The van der Waals surface area contributed by atoms with Crippen LogP contribution in [0.2, 0.25) is 0 Å². The Morgan fingerprint density at radius 2 is 2.19 bits per heavy atom. The summed E-state index contributed by atoms with van der Waals surface area (Å²) in [5, 5.41) is 3.36. The molecule has 0 amide bonds. The highest BCUT2D eigenvalue weighted by molar-refractivity contribution is 5.70. The first kappa shape index (κ1) is 14.1. The van der Waals surface area contributed by atoms with Crippen molar-refractivity contribution >= 4 is 11.2 Å². The number of H-pyrrole nitrogens is 1. The van der Waals surface area contributed by atoms with E-state index in [1.165, 1.54) is 7.05 Å². The van der Waals surface area contributed by atoms with Crippen molar-refractivity contribution in [2.75, 3.05) is 6.54 Å². The van der Waals surface area contributed by atoms with Crippen molar-refractivity contribution in [1.82, 2.24) is 24.4 Å². The van der Waals surface area contributed by atoms with E-state index in [9.17, 15) is 9.59 Å². The lowest BCUT2D eigenvalue weighted by atomic mass is 10.2. The molecule has 0 bridgehead atoms. The molecule has 2 unspecified atom stereocenters. The van der Waals surface area contributed by atoms with E-state index in [1.807, 2.05) is 13.8 Å². The van der Waals surface area contributed by atoms with Crippen LogP contribution in [-0.2, 0) is 7.05 Å². The van der Waals surface area contributed by atoms with Crippen LogP contribution < -0.4 is 16.6 Å². The van der Waals surface area contributed by atoms with Gasteiger partial charge in [0.05, 0.1) is 6.04 Å². The van der Waals surface area contributed by atoms with Gasteiger partial charge in [-0.25, -0.2) is 9.78 Å². The van der Waals surface area contributed by atoms with Gasteiger partial charge >= 0.3 is 5.69 Å². The van der Waals surface area contributed by atoms with Gasteiger partial charge in [-0.15, -0.1) is 0 Å². The fourth-order valence-electron chi connectivity index (χ4n) is 2.87. The van der Waals surface area contributed by atoms with Gasteiger partial charge in [-0.1, -0.05) is 6.92 Å². The van der Waals surface area contributed by atoms with E-state index >= 15 is 0 Å². The summed E-state index contributed by atoms with van der Waals surface area (Å²) in [7, 11) is 1.51. The van der Waals surface area contributed by atoms with Crippen LogP contribution in [0.4, 0.5) is 0 Å². The second-order valence-corrected chi connectivity index (χ2v) is 5.74. The average Bonchev–Trinajstić information content (AvgIpc) is 3.13. The molecule has 0 radical (unpaired) electrons. The zero-order valence-electron chi connectivity index (χ0n) is 12.6. The number of hydrogen-bond donors (Lipinski definition) is 2. The van der Waals surface area contributed by atoms with E-state index in [2.05, 4.69) is 15.3 Å². The summed E-state index contributed by atoms with van der Waals surface area (Å²) in [6.45, 7) is 4.94. The molecule has 0 aliphatic carbocycles. The van der Waals surface area contributed by atoms with Crippen LogP contribution in [0.15, 0.2) is 9.59 Å². The summed E-state index contributed by atoms with van der Waals surface area (Å²) >= 11 is 0. The molecule has 1 fully saturated rings. The number of aromatic nitrogens is 4. The maximum Gasteiger partial charge on any atom is 0.332 e. The standard InChI is InChI=1S/C14H21N5O2/c1-4-8(2)19-12-10(13(20)18(3)14(19)21)16-11(17-12)9-6-5-7-15-9/h8-9,15H,4-7H2,1-3H3,(H,16,17). The number of nitrogens with one attached hydrogen (secondary N) is 2. The molecule has 21 heavy (non-hydrogen) atoms. The first-order valence-corrected chi connectivity index (χ1v) is 7.49. The molecule has 7 heteroatoms. The highest BCUT2D eigenvalue weighted by Gasteiger charge is 2.23. The topological polar surface area (TPSA) is 84.7 Å². The fraction of sp³-hybridized carbons (Fsp3) is 0.643. The molecule has 0 saturated carbocycles. The van der Waals surface area contributed by atoms with Crippen LogP contribution in [-0.4, -0.2) is 25.6 Å². The van der Waals surface area contributed by atoms with E-state index in [-0.39, 0.29) is 23.3 Å². The Kier molecular flexibility index (Phi) is 3.44. The van der Waals surface area contributed by atoms with Crippen LogP contribution in [0.1, 0.15) is 51.0 Å². The first-order chi connectivity index (χ1) is 10.0. The summed E-state index contributed by atoms with van der Waals surface area (Å²) in [5.74, 6) is 0.752. The minimum Gasteiger partial charge on any atom is -0.335 e. The van der Waals surface area contributed by atoms with E-state index in [4.69, 9.17) is 0 Å². The van der Waals surface area contributed by atoms with Crippen molar-refractivity contribution in [3.8, 4) is 0 Å². The van der Waals surface area contributed by atoms with Gasteiger partial charge in [-0.05, 0) is 32.7 Å². The lowest BCUT2D eigenvalue weighted by Gasteiger charge is -2.14. The number of nitrogens with zero attached hydrogens (tertiary/aromatic N) is 3. The van der Waals surface area contributed by atoms with Crippen LogP contribution in [0.25, 0.3) is 11.2 Å². The lowest BCUT2D eigenvalue weighted by Crippen LogP contribution is -2.39. The second-order valence-electron chi connectivity index (χ2n) is 5.74. The third-order valence-electron chi connectivity index (χ3n) is 4.36. The largest absolute Gasteiger partial charge is 0.335 e. The van der Waals surface area contributed by atoms with Gasteiger partial charge in [0.2, 0.25) is 0 Å². The highest BCUT2D eigenvalue weighted by Crippen LogP contribution is 2.22. The Bertz CT molecular complexity index is 779. The van der Waals surface area contributed by atoms with Crippen LogP contribution in [0.5, 0.6) is 0 Å². The van der Waals surface area contributed by atoms with Crippen molar-refractivity contribution < 1.29 is 0 Å². The number of aromatic amines is 1. The molecule has 0 spiro atoms. The summed E-state index contributed by atoms with van der Waals surface area (Å²) in [6, 6.07) is 0.141. The van der Waals surface area contributed by atoms with E-state index in [0.29, 0.717) is 11.2 Å². The second kappa shape index (κ2) is 5.14. The minimum atomic E-state index is -0.314. The smallest absolute Gasteiger partial charge is 0.332 e. The predicted molar refractivity (Wildman–Crippen MR) is 80.6 cm³/mol. The minimum absolute atomic E-state index is 0.000475. The van der Waals surface area contributed by atoms with Crippen molar-refractivity contribution in [2.24, 2.45) is 7.05 Å². The van der Waals surface area contributed by atoms with Crippen molar-refractivity contribution in [3.63, 3.8) is 0 Å². The summed E-state index contributed by atoms with van der Waals surface area (Å²) in [5.41, 5.74) is 0.271. The molecule has 1 saturated heterocycles. The van der Waals surface area contributed by atoms with Gasteiger partial charge in [0, 0.05) is 13.1 Å². The molecular formula is C14H21N5O2. The van der Waals surface area contributed by atoms with Gasteiger partial charge in [0.15, 0.2) is 5.65 Å². The molecule has 2 N–H and O–H groups in total. The fourth-order valence-corrected chi connectivity index (χ4v) is 2.87. The maximum absolute atomic E-state index is 12.4. The van der Waals surface area contributed by atoms with Crippen LogP contribution in [0.3, 0.4) is 0 Å². The molecule has 1 aliphatic heterocycles. The quantitative estimate of drug-likeness (QED) is 0.877. The Balaban J connectivity index is 2.29. The molecule has 7 nitrogen and oxygen atoms in total. The summed E-state index contributed by atoms with van der Waals surface area (Å²) < 4.78 is 2.77. The van der Waals surface area contributed by atoms with Crippen molar-refractivity contribution in [3.05, 3.63) is 26.7 Å². The van der Waals surface area contributed by atoms with Gasteiger partial charge < -0.3 is 10.3 Å². The van der Waals surface area contributed by atoms with Crippen molar-refractivity contribution in [1.29, 1.82) is 0 Å². The average molecular weight is 291 g/mol. The lowest BCUT2D eigenvalue weighted by molar-refractivity contribution is 0.499. The molecule has 3 heterocycles. The van der Waals surface area contributed by atoms with Gasteiger partial charge in [0.1, 0.15) is 11.3 Å². The normalized spacial score (nSPS) is 20.2. The van der Waals surface area contributed by atoms with Crippen LogP contribution >= 0.6 is 0 Å². The van der Waals surface area contributed by atoms with E-state index in [0.717, 1.165) is 36.2 Å².